The number of anilines is 1. The number of methoxy groups -OCH3 is 1. The summed E-state index contributed by atoms with van der Waals surface area (Å²) < 4.78 is 5.49. The summed E-state index contributed by atoms with van der Waals surface area (Å²) in [6.45, 7) is 0.498. The van der Waals surface area contributed by atoms with Gasteiger partial charge in [-0.15, -0.1) is 0 Å². The van der Waals surface area contributed by atoms with E-state index in [9.17, 15) is 5.11 Å². The third-order valence-electron chi connectivity index (χ3n) is 4.24. The molecule has 0 aliphatic carbocycles. The van der Waals surface area contributed by atoms with Gasteiger partial charge in [0, 0.05) is 23.7 Å². The average molecular weight is 343 g/mol. The second-order valence-corrected chi connectivity index (χ2v) is 6.25. The molecular weight excluding hydrogens is 326 g/mol. The summed E-state index contributed by atoms with van der Waals surface area (Å²) >= 11 is 6.03. The highest BCUT2D eigenvalue weighted by Gasteiger charge is 2.31. The average Bonchev–Trinajstić information content (AvgIpc) is 3.11. The molecule has 1 N–H and O–H groups in total. The van der Waals surface area contributed by atoms with Crippen molar-refractivity contribution in [3.05, 3.63) is 70.3 Å². The van der Waals surface area contributed by atoms with Gasteiger partial charge in [-0.2, -0.15) is 0 Å². The molecule has 0 saturated carbocycles. The fraction of sp³-hybridized carbons (Fsp3) is 0.222. The van der Waals surface area contributed by atoms with E-state index < -0.39 is 6.10 Å². The fourth-order valence-corrected chi connectivity index (χ4v) is 3.28. The highest BCUT2D eigenvalue weighted by atomic mass is 35.5. The number of halogens is 1. The first kappa shape index (κ1) is 15.3. The molecule has 2 aliphatic heterocycles. The molecule has 0 radical (unpaired) electrons. The summed E-state index contributed by atoms with van der Waals surface area (Å²) in [5.41, 5.74) is 8.50. The predicted octanol–water partition coefficient (Wildman–Crippen LogP) is 3.81. The monoisotopic (exact) mass is 342 g/mol. The maximum Gasteiger partial charge on any atom is 0.141 e. The third kappa shape index (κ3) is 2.51. The zero-order valence-electron chi connectivity index (χ0n) is 13.2. The van der Waals surface area contributed by atoms with Gasteiger partial charge >= 0.3 is 0 Å². The van der Waals surface area contributed by atoms with Crippen LogP contribution in [0.15, 0.2) is 54.2 Å². The van der Waals surface area contributed by atoms with Gasteiger partial charge in [0.05, 0.1) is 24.6 Å². The number of aliphatic hydroxyl groups excluding tert-OH is 1. The SMILES string of the molecule is COc1ccccc1N1[N-]N2C[C@H](O)CC2=C1c1ccc(Cl)cc1. The molecular formula is C18H17ClN3O2-. The number of ether oxygens (including phenoxy) is 1. The Kier molecular flexibility index (Phi) is 3.84. The zero-order chi connectivity index (χ0) is 16.7. The Morgan fingerprint density at radius 2 is 1.92 bits per heavy atom. The van der Waals surface area contributed by atoms with Crippen LogP contribution < -0.4 is 9.75 Å². The first-order valence-electron chi connectivity index (χ1n) is 7.77. The Balaban J connectivity index is 1.84. The van der Waals surface area contributed by atoms with E-state index in [-0.39, 0.29) is 0 Å². The van der Waals surface area contributed by atoms with E-state index in [1.807, 2.05) is 58.5 Å². The van der Waals surface area contributed by atoms with Crippen molar-refractivity contribution in [2.45, 2.75) is 12.5 Å². The third-order valence-corrected chi connectivity index (χ3v) is 4.49. The van der Waals surface area contributed by atoms with Crippen molar-refractivity contribution in [1.29, 1.82) is 0 Å². The van der Waals surface area contributed by atoms with Crippen LogP contribution in [0.25, 0.3) is 11.2 Å². The molecule has 0 spiro atoms. The van der Waals surface area contributed by atoms with Crippen molar-refractivity contribution >= 4 is 23.0 Å². The minimum absolute atomic E-state index is 0.397. The van der Waals surface area contributed by atoms with Crippen molar-refractivity contribution in [3.63, 3.8) is 0 Å². The topological polar surface area (TPSA) is 50.0 Å². The summed E-state index contributed by atoms with van der Waals surface area (Å²) in [4.78, 5) is 0. The first-order chi connectivity index (χ1) is 11.7. The largest absolute Gasteiger partial charge is 0.495 e. The van der Waals surface area contributed by atoms with Gasteiger partial charge in [0.2, 0.25) is 0 Å². The smallest absolute Gasteiger partial charge is 0.141 e. The van der Waals surface area contributed by atoms with Gasteiger partial charge in [0.15, 0.2) is 0 Å². The van der Waals surface area contributed by atoms with Crippen LogP contribution >= 0.6 is 11.6 Å². The van der Waals surface area contributed by atoms with E-state index in [0.29, 0.717) is 18.0 Å². The minimum Gasteiger partial charge on any atom is -0.495 e. The molecule has 0 amide bonds. The molecule has 0 aromatic heterocycles. The molecule has 124 valence electrons. The van der Waals surface area contributed by atoms with Crippen LogP contribution in [0.2, 0.25) is 5.02 Å². The number of hydrogen-bond donors (Lipinski definition) is 1. The number of hydrogen-bond acceptors (Lipinski definition) is 4. The van der Waals surface area contributed by atoms with Gasteiger partial charge in [0.25, 0.3) is 0 Å². The van der Waals surface area contributed by atoms with Crippen LogP contribution in [0, 0.1) is 0 Å². The summed E-state index contributed by atoms with van der Waals surface area (Å²) in [6.07, 6.45) is 0.179. The molecule has 2 heterocycles. The highest BCUT2D eigenvalue weighted by Crippen LogP contribution is 2.46. The quantitative estimate of drug-likeness (QED) is 0.921. The minimum atomic E-state index is -0.397. The highest BCUT2D eigenvalue weighted by molar-refractivity contribution is 6.30. The first-order valence-corrected chi connectivity index (χ1v) is 8.14. The standard InChI is InChI=1S/C18H17ClN3O2/c1-24-17-5-3-2-4-15(17)22-18(12-6-8-13(19)9-7-12)16-10-14(23)11-21(16)20-22/h2-9,14,23H,10-11H2,1H3/q-1/t14-/m1/s1. The van der Waals surface area contributed by atoms with E-state index >= 15 is 0 Å². The van der Waals surface area contributed by atoms with Gasteiger partial charge in [-0.1, -0.05) is 35.9 Å². The van der Waals surface area contributed by atoms with E-state index in [2.05, 4.69) is 5.53 Å². The lowest BCUT2D eigenvalue weighted by atomic mass is 10.1. The molecule has 2 aromatic rings. The second-order valence-electron chi connectivity index (χ2n) is 5.82. The van der Waals surface area contributed by atoms with E-state index in [4.69, 9.17) is 16.3 Å². The van der Waals surface area contributed by atoms with E-state index in [0.717, 1.165) is 28.4 Å². The van der Waals surface area contributed by atoms with Crippen LogP contribution in [-0.4, -0.2) is 29.9 Å². The molecule has 1 fully saturated rings. The Bertz CT molecular complexity index is 791. The van der Waals surface area contributed by atoms with Crippen LogP contribution in [0.4, 0.5) is 5.69 Å². The summed E-state index contributed by atoms with van der Waals surface area (Å²) in [7, 11) is 1.65. The van der Waals surface area contributed by atoms with Crippen molar-refractivity contribution < 1.29 is 9.84 Å². The molecule has 0 bridgehead atoms. The van der Waals surface area contributed by atoms with E-state index in [1.54, 1.807) is 7.11 Å². The maximum atomic E-state index is 10.0. The summed E-state index contributed by atoms with van der Waals surface area (Å²) in [5.74, 6) is 0.745. The van der Waals surface area contributed by atoms with Crippen LogP contribution in [-0.2, 0) is 0 Å². The molecule has 1 atom stereocenters. The van der Waals surface area contributed by atoms with Crippen LogP contribution in [0.3, 0.4) is 0 Å². The normalized spacial score (nSPS) is 19.9. The number of nitrogens with zero attached hydrogens (tertiary/aromatic N) is 3. The molecule has 2 aromatic carbocycles. The van der Waals surface area contributed by atoms with E-state index in [1.165, 1.54) is 0 Å². The Labute approximate surface area is 145 Å². The fourth-order valence-electron chi connectivity index (χ4n) is 3.16. The number of benzene rings is 2. The molecule has 0 unspecified atom stereocenters. The molecule has 4 rings (SSSR count). The lowest BCUT2D eigenvalue weighted by molar-refractivity contribution is 0.183. The van der Waals surface area contributed by atoms with Crippen molar-refractivity contribution in [3.8, 4) is 5.75 Å². The van der Waals surface area contributed by atoms with Crippen molar-refractivity contribution in [2.75, 3.05) is 18.7 Å². The molecule has 1 saturated heterocycles. The summed E-state index contributed by atoms with van der Waals surface area (Å²) in [5, 5.41) is 14.4. The summed E-state index contributed by atoms with van der Waals surface area (Å²) in [6, 6.07) is 15.4. The number of para-hydroxylation sites is 2. The maximum absolute atomic E-state index is 10.0. The van der Waals surface area contributed by atoms with Gasteiger partial charge in [0.1, 0.15) is 5.75 Å². The molecule has 5 nitrogen and oxygen atoms in total. The number of rotatable bonds is 3. The van der Waals surface area contributed by atoms with Gasteiger partial charge in [-0.05, 0) is 29.8 Å². The zero-order valence-corrected chi connectivity index (χ0v) is 13.9. The Morgan fingerprint density at radius 1 is 1.17 bits per heavy atom. The molecule has 24 heavy (non-hydrogen) atoms. The predicted molar refractivity (Wildman–Crippen MR) is 94.5 cm³/mol. The van der Waals surface area contributed by atoms with Crippen molar-refractivity contribution in [1.82, 2.24) is 5.01 Å². The van der Waals surface area contributed by atoms with Crippen LogP contribution in [0.1, 0.15) is 12.0 Å². The van der Waals surface area contributed by atoms with Gasteiger partial charge < -0.3 is 25.4 Å². The number of aliphatic hydroxyl groups is 1. The lowest BCUT2D eigenvalue weighted by Crippen LogP contribution is -2.21. The molecule has 6 heteroatoms. The van der Waals surface area contributed by atoms with Crippen LogP contribution in [0.5, 0.6) is 5.75 Å². The second kappa shape index (κ2) is 6.02. The molecule has 2 aliphatic rings. The van der Waals surface area contributed by atoms with Gasteiger partial charge in [-0.3, -0.25) is 0 Å². The Hall–Kier alpha value is -2.21. The lowest BCUT2D eigenvalue weighted by Gasteiger charge is -2.40. The van der Waals surface area contributed by atoms with Crippen molar-refractivity contribution in [2.24, 2.45) is 0 Å². The Morgan fingerprint density at radius 3 is 2.67 bits per heavy atom. The number of fused-ring (bicyclic) bond motifs is 1. The van der Waals surface area contributed by atoms with Gasteiger partial charge in [-0.25, -0.2) is 0 Å².